The van der Waals surface area contributed by atoms with Crippen LogP contribution in [0.15, 0.2) is 24.3 Å². The summed E-state index contributed by atoms with van der Waals surface area (Å²) in [4.78, 5) is 0. The van der Waals surface area contributed by atoms with Crippen LogP contribution in [0.1, 0.15) is 5.56 Å². The molecule has 0 radical (unpaired) electrons. The first-order valence-corrected chi connectivity index (χ1v) is 9.40. The molecule has 5 heteroatoms. The van der Waals surface area contributed by atoms with E-state index in [1.807, 2.05) is 18.2 Å². The predicted molar refractivity (Wildman–Crippen MR) is 50.5 cm³/mol. The zero-order valence-corrected chi connectivity index (χ0v) is 9.89. The zero-order chi connectivity index (χ0) is 9.10. The van der Waals surface area contributed by atoms with E-state index >= 15 is 0 Å². The molecular weight excluding hydrogens is 296 g/mol. The molecule has 3 nitrogen and oxygen atoms in total. The molecule has 0 fully saturated rings. The monoisotopic (exact) mass is 302 g/mol. The van der Waals surface area contributed by atoms with Gasteiger partial charge in [-0.15, -0.1) is 0 Å². The van der Waals surface area contributed by atoms with Gasteiger partial charge in [0.15, 0.2) is 0 Å². The first-order valence-electron chi connectivity index (χ1n) is 3.53. The van der Waals surface area contributed by atoms with Crippen molar-refractivity contribution in [2.75, 3.05) is 0 Å². The molecule has 1 aromatic carbocycles. The molecule has 1 heterocycles. The van der Waals surface area contributed by atoms with Crippen molar-refractivity contribution >= 4 is 25.7 Å². The Morgan fingerprint density at radius 3 is 2.92 bits per heavy atom. The van der Waals surface area contributed by atoms with Gasteiger partial charge in [0.2, 0.25) is 0 Å². The van der Waals surface area contributed by atoms with E-state index in [9.17, 15) is 0 Å². The van der Waals surface area contributed by atoms with Crippen LogP contribution < -0.4 is 0 Å². The third kappa shape index (κ3) is 1.77. The summed E-state index contributed by atoms with van der Waals surface area (Å²) >= 11 is 0.621. The van der Waals surface area contributed by atoms with Gasteiger partial charge in [-0.25, -0.2) is 0 Å². The van der Waals surface area contributed by atoms with Crippen molar-refractivity contribution in [2.24, 2.45) is 0 Å². The van der Waals surface area contributed by atoms with Crippen molar-refractivity contribution in [2.45, 2.75) is 0 Å². The molecule has 2 aromatic rings. The maximum atomic E-state index is 8.84. The van der Waals surface area contributed by atoms with Gasteiger partial charge in [-0.2, -0.15) is 0 Å². The zero-order valence-electron chi connectivity index (χ0n) is 6.47. The summed E-state index contributed by atoms with van der Waals surface area (Å²) in [5.74, 6) is 0.775. The fraction of sp³-hybridized carbons (Fsp3) is 0. The number of aromatic nitrogens is 2. The van der Waals surface area contributed by atoms with Gasteiger partial charge in [0.25, 0.3) is 0 Å². The fourth-order valence-electron chi connectivity index (χ4n) is 0.995. The van der Waals surface area contributed by atoms with Gasteiger partial charge < -0.3 is 0 Å². The van der Waals surface area contributed by atoms with Gasteiger partial charge in [-0.1, -0.05) is 0 Å². The number of nitrogens with zero attached hydrogens (tertiary/aromatic N) is 3. The summed E-state index contributed by atoms with van der Waals surface area (Å²) < 4.78 is 8.61. The van der Waals surface area contributed by atoms with E-state index in [2.05, 4.69) is 14.0 Å². The summed E-state index contributed by atoms with van der Waals surface area (Å²) in [6, 6.07) is 9.61. The molecule has 0 unspecified atom stereocenters. The fourth-order valence-corrected chi connectivity index (χ4v) is 4.54. The summed E-state index contributed by atoms with van der Waals surface area (Å²) in [5.41, 5.74) is 1.55. The number of hydrogen-bond donors (Lipinski definition) is 0. The first-order chi connectivity index (χ1) is 6.42. The topological polar surface area (TPSA) is 49.6 Å². The molecule has 13 heavy (non-hydrogen) atoms. The standard InChI is InChI=1S/C8H4N3Se2/c9-5-6-3-1-2-4-7(6)8-10-12-13-11-8/h1-4H/q+1. The molecule has 0 aliphatic heterocycles. The van der Waals surface area contributed by atoms with Gasteiger partial charge in [-0.3, -0.25) is 0 Å². The van der Waals surface area contributed by atoms with Gasteiger partial charge in [0.1, 0.15) is 0 Å². The molecule has 0 bridgehead atoms. The Balaban J connectivity index is 2.59. The van der Waals surface area contributed by atoms with Crippen LogP contribution in [0.3, 0.4) is 0 Å². The third-order valence-corrected chi connectivity index (χ3v) is 5.10. The molecular formula is C8H4N3Se2+. The maximum absolute atomic E-state index is 8.84. The molecule has 0 N–H and O–H groups in total. The van der Waals surface area contributed by atoms with E-state index in [4.69, 9.17) is 5.26 Å². The summed E-state index contributed by atoms with van der Waals surface area (Å²) in [5, 5.41) is 8.84. The second kappa shape index (κ2) is 3.95. The summed E-state index contributed by atoms with van der Waals surface area (Å²) in [7, 11) is 0. The molecule has 0 spiro atoms. The van der Waals surface area contributed by atoms with Crippen LogP contribution in [0.4, 0.5) is 0 Å². The molecule has 62 valence electrons. The van der Waals surface area contributed by atoms with Crippen molar-refractivity contribution in [3.05, 3.63) is 29.8 Å². The van der Waals surface area contributed by atoms with Crippen LogP contribution in [-0.4, -0.2) is 33.7 Å². The number of hydrogen-bond acceptors (Lipinski definition) is 3. The second-order valence-corrected chi connectivity index (χ2v) is 6.95. The molecule has 0 saturated carbocycles. The van der Waals surface area contributed by atoms with E-state index < -0.39 is 0 Å². The van der Waals surface area contributed by atoms with Crippen molar-refractivity contribution < 1.29 is 0 Å². The second-order valence-electron chi connectivity index (χ2n) is 2.31. The van der Waals surface area contributed by atoms with Crippen molar-refractivity contribution in [3.8, 4) is 17.5 Å². The molecule has 0 aliphatic rings. The van der Waals surface area contributed by atoms with Crippen LogP contribution in [-0.2, 0) is 0 Å². The van der Waals surface area contributed by atoms with Gasteiger partial charge in [0, 0.05) is 0 Å². The normalized spacial score (nSPS) is 9.46. The van der Waals surface area contributed by atoms with Crippen LogP contribution in [0.2, 0.25) is 0 Å². The molecule has 0 atom stereocenters. The quantitative estimate of drug-likeness (QED) is 0.717. The molecule has 0 saturated heterocycles. The molecule has 2 rings (SSSR count). The summed E-state index contributed by atoms with van der Waals surface area (Å²) in [6.07, 6.45) is 0. The molecule has 0 aliphatic carbocycles. The summed E-state index contributed by atoms with van der Waals surface area (Å²) in [6.45, 7) is 0. The van der Waals surface area contributed by atoms with Crippen LogP contribution >= 0.6 is 0 Å². The van der Waals surface area contributed by atoms with Crippen LogP contribution in [0.5, 0.6) is 0 Å². The predicted octanol–water partition coefficient (Wildman–Crippen LogP) is 0.410. The van der Waals surface area contributed by atoms with Crippen LogP contribution in [0, 0.1) is 11.3 Å². The SMILES string of the molecule is N#Cc1ccccc1-c1n[se][se+]n1. The molecule has 1 aromatic heterocycles. The van der Waals surface area contributed by atoms with Gasteiger partial charge in [-0.05, 0) is 0 Å². The van der Waals surface area contributed by atoms with E-state index in [-0.39, 0.29) is 0 Å². The Hall–Kier alpha value is -0.781. The number of rotatable bonds is 1. The van der Waals surface area contributed by atoms with Crippen molar-refractivity contribution in [3.63, 3.8) is 0 Å². The Kier molecular flexibility index (Phi) is 2.68. The first kappa shape index (κ1) is 8.80. The minimum absolute atomic E-state index is 0.310. The van der Waals surface area contributed by atoms with Crippen molar-refractivity contribution in [1.29, 1.82) is 5.26 Å². The van der Waals surface area contributed by atoms with E-state index in [1.165, 1.54) is 0 Å². The van der Waals surface area contributed by atoms with E-state index in [0.29, 0.717) is 31.3 Å². The number of nitriles is 1. The average Bonchev–Trinajstić information content (AvgIpc) is 2.70. The van der Waals surface area contributed by atoms with E-state index in [0.717, 1.165) is 11.4 Å². The Labute approximate surface area is 86.2 Å². The Bertz CT molecular complexity index is 445. The van der Waals surface area contributed by atoms with Crippen molar-refractivity contribution in [1.82, 2.24) is 7.96 Å². The van der Waals surface area contributed by atoms with Gasteiger partial charge >= 0.3 is 86.2 Å². The van der Waals surface area contributed by atoms with E-state index in [1.54, 1.807) is 6.07 Å². The molecule has 0 amide bonds. The average molecular weight is 300 g/mol. The Morgan fingerprint density at radius 1 is 1.38 bits per heavy atom. The Morgan fingerprint density at radius 2 is 2.23 bits per heavy atom. The minimum atomic E-state index is 0.310. The van der Waals surface area contributed by atoms with Crippen LogP contribution in [0.25, 0.3) is 11.4 Å². The van der Waals surface area contributed by atoms with Gasteiger partial charge in [0.05, 0.1) is 0 Å². The number of benzene rings is 1. The third-order valence-electron chi connectivity index (χ3n) is 1.57.